The van der Waals surface area contributed by atoms with E-state index in [2.05, 4.69) is 52.0 Å². The first-order valence-corrected chi connectivity index (χ1v) is 8.21. The Hall–Kier alpha value is -0.830. The van der Waals surface area contributed by atoms with Crippen LogP contribution in [0.4, 0.5) is 0 Å². The van der Waals surface area contributed by atoms with Crippen molar-refractivity contribution in [3.63, 3.8) is 0 Å². The number of carbonyl (C=O) groups is 1. The smallest absolute Gasteiger partial charge is 0.222 e. The number of likely N-dealkylation sites (tertiary alicyclic amines) is 1. The molecule has 0 aromatic heterocycles. The summed E-state index contributed by atoms with van der Waals surface area (Å²) in [5.74, 6) is 1.39. The molecule has 2 atom stereocenters. The zero-order valence-electron chi connectivity index (χ0n) is 11.5. The van der Waals surface area contributed by atoms with Crippen molar-refractivity contribution in [2.24, 2.45) is 5.92 Å². The lowest BCUT2D eigenvalue weighted by atomic mass is 10.0. The van der Waals surface area contributed by atoms with Crippen LogP contribution in [-0.2, 0) is 4.79 Å². The minimum Gasteiger partial charge on any atom is -0.342 e. The Morgan fingerprint density at radius 3 is 2.74 bits per heavy atom. The van der Waals surface area contributed by atoms with Gasteiger partial charge in [-0.25, -0.2) is 0 Å². The van der Waals surface area contributed by atoms with Crippen LogP contribution in [0.25, 0.3) is 0 Å². The molecule has 0 radical (unpaired) electrons. The summed E-state index contributed by atoms with van der Waals surface area (Å²) in [6.45, 7) is 3.99. The third-order valence-corrected chi connectivity index (χ3v) is 4.78. The standard InChI is InChI=1S/C16H22BrNO/c1-13-7-8-16(19)18(10-9-13)12-15(11-17)14-5-3-2-4-6-14/h2-6,13,15H,7-12H2,1H3. The predicted molar refractivity (Wildman–Crippen MR) is 82.6 cm³/mol. The van der Waals surface area contributed by atoms with Crippen LogP contribution in [0.15, 0.2) is 30.3 Å². The van der Waals surface area contributed by atoms with Crippen LogP contribution in [0.2, 0.25) is 0 Å². The molecule has 1 aliphatic rings. The molecule has 104 valence electrons. The number of nitrogens with zero attached hydrogens (tertiary/aromatic N) is 1. The summed E-state index contributed by atoms with van der Waals surface area (Å²) >= 11 is 3.59. The van der Waals surface area contributed by atoms with Crippen molar-refractivity contribution in [1.82, 2.24) is 4.90 Å². The molecule has 1 amide bonds. The summed E-state index contributed by atoms with van der Waals surface area (Å²) < 4.78 is 0. The second kappa shape index (κ2) is 7.09. The molecule has 1 aromatic rings. The Kier molecular flexibility index (Phi) is 5.44. The van der Waals surface area contributed by atoms with E-state index in [1.807, 2.05) is 6.07 Å². The van der Waals surface area contributed by atoms with E-state index < -0.39 is 0 Å². The third kappa shape index (κ3) is 4.07. The monoisotopic (exact) mass is 323 g/mol. The van der Waals surface area contributed by atoms with Crippen molar-refractivity contribution in [3.05, 3.63) is 35.9 Å². The summed E-state index contributed by atoms with van der Waals surface area (Å²) in [5.41, 5.74) is 1.31. The summed E-state index contributed by atoms with van der Waals surface area (Å²) in [5, 5.41) is 0.899. The van der Waals surface area contributed by atoms with E-state index in [9.17, 15) is 4.79 Å². The fourth-order valence-electron chi connectivity index (χ4n) is 2.60. The van der Waals surface area contributed by atoms with Gasteiger partial charge in [0.15, 0.2) is 0 Å². The summed E-state index contributed by atoms with van der Waals surface area (Å²) in [7, 11) is 0. The van der Waals surface area contributed by atoms with Crippen LogP contribution >= 0.6 is 15.9 Å². The minimum absolute atomic E-state index is 0.325. The van der Waals surface area contributed by atoms with Gasteiger partial charge in [0.2, 0.25) is 5.91 Å². The lowest BCUT2D eigenvalue weighted by Gasteiger charge is -2.26. The highest BCUT2D eigenvalue weighted by molar-refractivity contribution is 9.09. The lowest BCUT2D eigenvalue weighted by molar-refractivity contribution is -0.130. The van der Waals surface area contributed by atoms with Gasteiger partial charge in [-0.15, -0.1) is 0 Å². The molecule has 0 bridgehead atoms. The van der Waals surface area contributed by atoms with Gasteiger partial charge >= 0.3 is 0 Å². The highest BCUT2D eigenvalue weighted by Crippen LogP contribution is 2.23. The zero-order chi connectivity index (χ0) is 13.7. The van der Waals surface area contributed by atoms with Crippen molar-refractivity contribution in [2.45, 2.75) is 32.1 Å². The van der Waals surface area contributed by atoms with Crippen molar-refractivity contribution >= 4 is 21.8 Å². The maximum atomic E-state index is 12.2. The van der Waals surface area contributed by atoms with E-state index in [0.29, 0.717) is 24.2 Å². The van der Waals surface area contributed by atoms with Crippen LogP contribution in [0.5, 0.6) is 0 Å². The largest absolute Gasteiger partial charge is 0.342 e. The van der Waals surface area contributed by atoms with Crippen LogP contribution in [-0.4, -0.2) is 29.2 Å². The number of alkyl halides is 1. The molecule has 1 saturated heterocycles. The van der Waals surface area contributed by atoms with Crippen LogP contribution < -0.4 is 0 Å². The summed E-state index contributed by atoms with van der Waals surface area (Å²) in [6, 6.07) is 10.5. The Bertz CT molecular complexity index is 406. The van der Waals surface area contributed by atoms with Gasteiger partial charge in [-0.1, -0.05) is 53.2 Å². The first-order valence-electron chi connectivity index (χ1n) is 7.09. The van der Waals surface area contributed by atoms with Gasteiger partial charge in [-0.2, -0.15) is 0 Å². The first-order chi connectivity index (χ1) is 9.20. The molecule has 0 N–H and O–H groups in total. The molecule has 19 heavy (non-hydrogen) atoms. The van der Waals surface area contributed by atoms with E-state index in [1.165, 1.54) is 5.56 Å². The molecule has 1 aromatic carbocycles. The Labute approximate surface area is 124 Å². The van der Waals surface area contributed by atoms with Gasteiger partial charge in [-0.05, 0) is 24.3 Å². The number of amides is 1. The summed E-state index contributed by atoms with van der Waals surface area (Å²) in [4.78, 5) is 14.2. The highest BCUT2D eigenvalue weighted by atomic mass is 79.9. The SMILES string of the molecule is CC1CCC(=O)N(CC(CBr)c2ccccc2)CC1. The quantitative estimate of drug-likeness (QED) is 0.771. The van der Waals surface area contributed by atoms with Crippen molar-refractivity contribution < 1.29 is 4.79 Å². The number of carbonyl (C=O) groups excluding carboxylic acids is 1. The maximum absolute atomic E-state index is 12.2. The molecule has 3 heteroatoms. The van der Waals surface area contributed by atoms with Crippen molar-refractivity contribution in [3.8, 4) is 0 Å². The van der Waals surface area contributed by atoms with E-state index in [-0.39, 0.29) is 0 Å². The van der Waals surface area contributed by atoms with E-state index in [1.54, 1.807) is 0 Å². The first kappa shape index (κ1) is 14.6. The molecule has 2 rings (SSSR count). The van der Waals surface area contributed by atoms with Gasteiger partial charge in [0.25, 0.3) is 0 Å². The Morgan fingerprint density at radius 1 is 1.32 bits per heavy atom. The van der Waals surface area contributed by atoms with E-state index >= 15 is 0 Å². The maximum Gasteiger partial charge on any atom is 0.222 e. The predicted octanol–water partition coefficient (Wildman–Crippen LogP) is 3.81. The molecule has 1 aliphatic heterocycles. The van der Waals surface area contributed by atoms with E-state index in [0.717, 1.165) is 31.3 Å². The fourth-order valence-corrected chi connectivity index (χ4v) is 3.18. The second-order valence-electron chi connectivity index (χ2n) is 5.53. The van der Waals surface area contributed by atoms with Crippen LogP contribution in [0, 0.1) is 5.92 Å². The summed E-state index contributed by atoms with van der Waals surface area (Å²) in [6.07, 6.45) is 2.89. The third-order valence-electron chi connectivity index (χ3n) is 3.99. The molecule has 2 unspecified atom stereocenters. The van der Waals surface area contributed by atoms with Crippen LogP contribution in [0.1, 0.15) is 37.7 Å². The average Bonchev–Trinajstić information content (AvgIpc) is 2.60. The fraction of sp³-hybridized carbons (Fsp3) is 0.562. The van der Waals surface area contributed by atoms with Gasteiger partial charge in [0, 0.05) is 30.8 Å². The average molecular weight is 324 g/mol. The number of rotatable bonds is 4. The number of hydrogen-bond donors (Lipinski definition) is 0. The van der Waals surface area contributed by atoms with Crippen LogP contribution in [0.3, 0.4) is 0 Å². The molecule has 0 aliphatic carbocycles. The zero-order valence-corrected chi connectivity index (χ0v) is 13.1. The van der Waals surface area contributed by atoms with Gasteiger partial charge in [0.1, 0.15) is 0 Å². The van der Waals surface area contributed by atoms with Gasteiger partial charge < -0.3 is 4.90 Å². The Morgan fingerprint density at radius 2 is 2.05 bits per heavy atom. The van der Waals surface area contributed by atoms with Gasteiger partial charge in [-0.3, -0.25) is 4.79 Å². The van der Waals surface area contributed by atoms with E-state index in [4.69, 9.17) is 0 Å². The number of hydrogen-bond acceptors (Lipinski definition) is 1. The molecule has 1 heterocycles. The highest BCUT2D eigenvalue weighted by Gasteiger charge is 2.23. The topological polar surface area (TPSA) is 20.3 Å². The molecule has 2 nitrogen and oxygen atoms in total. The van der Waals surface area contributed by atoms with Crippen molar-refractivity contribution in [1.29, 1.82) is 0 Å². The molecule has 0 saturated carbocycles. The van der Waals surface area contributed by atoms with Gasteiger partial charge in [0.05, 0.1) is 0 Å². The normalized spacial score (nSPS) is 22.1. The molecule has 0 spiro atoms. The molecular weight excluding hydrogens is 302 g/mol. The van der Waals surface area contributed by atoms with Crippen molar-refractivity contribution in [2.75, 3.05) is 18.4 Å². The Balaban J connectivity index is 2.03. The minimum atomic E-state index is 0.325. The second-order valence-corrected chi connectivity index (χ2v) is 6.18. The number of benzene rings is 1. The number of halogens is 1. The lowest BCUT2D eigenvalue weighted by Crippen LogP contribution is -2.34. The molecule has 1 fully saturated rings. The molecular formula is C16H22BrNO.